The molecule has 7 nitrogen and oxygen atoms in total. The van der Waals surface area contributed by atoms with Gasteiger partial charge in [-0.15, -0.1) is 0 Å². The van der Waals surface area contributed by atoms with Crippen molar-refractivity contribution in [1.29, 1.82) is 0 Å². The first kappa shape index (κ1) is 21.4. The van der Waals surface area contributed by atoms with Crippen molar-refractivity contribution in [2.75, 3.05) is 0 Å². The zero-order valence-corrected chi connectivity index (χ0v) is 15.4. The third-order valence-corrected chi connectivity index (χ3v) is 4.66. The molecule has 25 heavy (non-hydrogen) atoms. The number of carboxylic acids is 1. The summed E-state index contributed by atoms with van der Waals surface area (Å²) in [5.74, 6) is -2.42. The number of unbranched alkanes of at least 4 members (excludes halogenated alkanes) is 1. The van der Waals surface area contributed by atoms with Crippen LogP contribution in [0.25, 0.3) is 0 Å². The first-order valence-corrected chi connectivity index (χ1v) is 9.14. The van der Waals surface area contributed by atoms with Crippen LogP contribution in [0, 0.1) is 17.8 Å². The van der Waals surface area contributed by atoms with Crippen molar-refractivity contribution in [3.63, 3.8) is 0 Å². The lowest BCUT2D eigenvalue weighted by molar-refractivity contribution is -0.197. The monoisotopic (exact) mass is 357 g/mol. The summed E-state index contributed by atoms with van der Waals surface area (Å²) in [5.41, 5.74) is 6.01. The molecule has 1 aliphatic carbocycles. The van der Waals surface area contributed by atoms with Crippen molar-refractivity contribution in [2.45, 2.75) is 78.0 Å². The average molecular weight is 357 g/mol. The summed E-state index contributed by atoms with van der Waals surface area (Å²) >= 11 is 0. The van der Waals surface area contributed by atoms with Gasteiger partial charge >= 0.3 is 17.9 Å². The van der Waals surface area contributed by atoms with E-state index in [1.807, 2.05) is 6.92 Å². The van der Waals surface area contributed by atoms with E-state index in [-0.39, 0.29) is 23.7 Å². The minimum absolute atomic E-state index is 0.105. The highest BCUT2D eigenvalue weighted by molar-refractivity contribution is 5.76. The lowest BCUT2D eigenvalue weighted by atomic mass is 9.79. The summed E-state index contributed by atoms with van der Waals surface area (Å²) < 4.78 is 10.6. The molecule has 0 aromatic heterocycles. The summed E-state index contributed by atoms with van der Waals surface area (Å²) in [5, 5.41) is 9.03. The smallest absolute Gasteiger partial charge is 0.326 e. The maximum absolute atomic E-state index is 12.3. The van der Waals surface area contributed by atoms with Gasteiger partial charge in [-0.1, -0.05) is 27.2 Å². The molecule has 0 spiro atoms. The van der Waals surface area contributed by atoms with Crippen molar-refractivity contribution < 1.29 is 29.0 Å². The van der Waals surface area contributed by atoms with Gasteiger partial charge in [0.25, 0.3) is 0 Å². The van der Waals surface area contributed by atoms with Gasteiger partial charge in [-0.3, -0.25) is 14.4 Å². The summed E-state index contributed by atoms with van der Waals surface area (Å²) in [6, 6.07) is -0.828. The number of carbonyl (C=O) groups is 3. The molecule has 0 bridgehead atoms. The van der Waals surface area contributed by atoms with E-state index in [0.29, 0.717) is 32.1 Å². The molecule has 0 saturated heterocycles. The van der Waals surface area contributed by atoms with Gasteiger partial charge in [-0.05, 0) is 38.0 Å². The summed E-state index contributed by atoms with van der Waals surface area (Å²) in [6.07, 6.45) is 3.14. The number of nitrogens with two attached hydrogens (primary N) is 1. The van der Waals surface area contributed by atoms with Gasteiger partial charge in [0.05, 0.1) is 5.92 Å². The molecule has 0 aromatic rings. The Hall–Kier alpha value is -1.63. The van der Waals surface area contributed by atoms with Crippen LogP contribution in [0.4, 0.5) is 0 Å². The third-order valence-electron chi connectivity index (χ3n) is 4.66. The van der Waals surface area contributed by atoms with E-state index in [4.69, 9.17) is 20.3 Å². The zero-order valence-electron chi connectivity index (χ0n) is 15.4. The molecule has 1 saturated carbocycles. The molecule has 1 fully saturated rings. The second-order valence-electron chi connectivity index (χ2n) is 7.12. The molecule has 0 aromatic carbocycles. The van der Waals surface area contributed by atoms with Crippen LogP contribution in [0.2, 0.25) is 0 Å². The molecule has 0 aliphatic heterocycles. The highest BCUT2D eigenvalue weighted by Gasteiger charge is 2.34. The number of rotatable bonds is 9. The molecular formula is C18H31NO6. The van der Waals surface area contributed by atoms with Crippen molar-refractivity contribution >= 4 is 17.9 Å². The van der Waals surface area contributed by atoms with Crippen molar-refractivity contribution in [3.05, 3.63) is 0 Å². The predicted octanol–water partition coefficient (Wildman–Crippen LogP) is 2.46. The van der Waals surface area contributed by atoms with Gasteiger partial charge in [-0.2, -0.15) is 0 Å². The largest absolute Gasteiger partial charge is 0.481 e. The first-order valence-electron chi connectivity index (χ1n) is 9.14. The van der Waals surface area contributed by atoms with Crippen LogP contribution in [0.5, 0.6) is 0 Å². The van der Waals surface area contributed by atoms with Crippen LogP contribution in [-0.2, 0) is 23.9 Å². The second-order valence-corrected chi connectivity index (χ2v) is 7.12. The maximum atomic E-state index is 12.3. The molecule has 0 radical (unpaired) electrons. The van der Waals surface area contributed by atoms with Gasteiger partial charge in [0.1, 0.15) is 6.04 Å². The quantitative estimate of drug-likeness (QED) is 0.481. The Morgan fingerprint density at radius 3 is 2.20 bits per heavy atom. The van der Waals surface area contributed by atoms with Gasteiger partial charge in [0.2, 0.25) is 6.29 Å². The van der Waals surface area contributed by atoms with Crippen LogP contribution >= 0.6 is 0 Å². The molecule has 2 atom stereocenters. The molecule has 0 heterocycles. The van der Waals surface area contributed by atoms with Gasteiger partial charge in [-0.25, -0.2) is 0 Å². The molecule has 1 rings (SSSR count). The maximum Gasteiger partial charge on any atom is 0.326 e. The van der Waals surface area contributed by atoms with Crippen LogP contribution in [0.3, 0.4) is 0 Å². The van der Waals surface area contributed by atoms with Gasteiger partial charge < -0.3 is 20.3 Å². The van der Waals surface area contributed by atoms with Gasteiger partial charge in [0.15, 0.2) is 0 Å². The van der Waals surface area contributed by atoms with Crippen LogP contribution in [0.15, 0.2) is 0 Å². The van der Waals surface area contributed by atoms with E-state index in [1.165, 1.54) is 0 Å². The first-order chi connectivity index (χ1) is 11.8. The topological polar surface area (TPSA) is 116 Å². The lowest BCUT2D eigenvalue weighted by Gasteiger charge is -2.30. The summed E-state index contributed by atoms with van der Waals surface area (Å²) in [4.78, 5) is 35.1. The molecule has 0 amide bonds. The average Bonchev–Trinajstić information content (AvgIpc) is 2.58. The standard InChI is InChI=1S/C18H31NO6/c1-4-5-6-14(20)24-18(11(2)3)25-17(23)15(19)12-7-9-13(10-8-12)16(21)22/h11-13,15,18H,4-10,19H2,1-3H3,(H,21,22)/t12-,13-,15?,18?. The number of aliphatic carboxylic acids is 1. The van der Waals surface area contributed by atoms with E-state index in [0.717, 1.165) is 12.8 Å². The SMILES string of the molecule is CCCCC(=O)OC(OC(=O)C(N)[C@H]1CC[C@H](C(=O)O)CC1)C(C)C. The number of hydrogen-bond acceptors (Lipinski definition) is 6. The normalized spacial score (nSPS) is 22.9. The van der Waals surface area contributed by atoms with Crippen molar-refractivity contribution in [1.82, 2.24) is 0 Å². The Kier molecular flexibility index (Phi) is 8.89. The Labute approximate surface area is 149 Å². The Bertz CT molecular complexity index is 456. The minimum atomic E-state index is -0.946. The number of carbonyl (C=O) groups excluding carboxylic acids is 2. The molecule has 2 unspecified atom stereocenters. The Morgan fingerprint density at radius 2 is 1.72 bits per heavy atom. The Morgan fingerprint density at radius 1 is 1.12 bits per heavy atom. The number of ether oxygens (including phenoxy) is 2. The van der Waals surface area contributed by atoms with E-state index in [1.54, 1.807) is 13.8 Å². The molecular weight excluding hydrogens is 326 g/mol. The molecule has 1 aliphatic rings. The van der Waals surface area contributed by atoms with E-state index in [2.05, 4.69) is 0 Å². The third kappa shape index (κ3) is 7.02. The molecule has 3 N–H and O–H groups in total. The molecule has 7 heteroatoms. The van der Waals surface area contributed by atoms with Crippen molar-refractivity contribution in [2.24, 2.45) is 23.5 Å². The van der Waals surface area contributed by atoms with Crippen LogP contribution in [0.1, 0.15) is 65.7 Å². The minimum Gasteiger partial charge on any atom is -0.481 e. The summed E-state index contributed by atoms with van der Waals surface area (Å²) in [6.45, 7) is 5.58. The highest BCUT2D eigenvalue weighted by atomic mass is 16.7. The zero-order chi connectivity index (χ0) is 19.0. The van der Waals surface area contributed by atoms with E-state index < -0.39 is 24.3 Å². The number of hydrogen-bond donors (Lipinski definition) is 2. The van der Waals surface area contributed by atoms with Gasteiger partial charge in [0, 0.05) is 12.3 Å². The van der Waals surface area contributed by atoms with Crippen molar-refractivity contribution in [3.8, 4) is 0 Å². The fourth-order valence-electron chi connectivity index (χ4n) is 2.92. The summed E-state index contributed by atoms with van der Waals surface area (Å²) in [7, 11) is 0. The fraction of sp³-hybridized carbons (Fsp3) is 0.833. The Balaban J connectivity index is 2.53. The van der Waals surface area contributed by atoms with Crippen LogP contribution in [-0.4, -0.2) is 35.3 Å². The number of carboxylic acid groups (broad SMARTS) is 1. The highest BCUT2D eigenvalue weighted by Crippen LogP contribution is 2.31. The number of esters is 2. The second kappa shape index (κ2) is 10.4. The fourth-order valence-corrected chi connectivity index (χ4v) is 2.92. The van der Waals surface area contributed by atoms with Crippen LogP contribution < -0.4 is 5.73 Å². The van der Waals surface area contributed by atoms with E-state index in [9.17, 15) is 14.4 Å². The van der Waals surface area contributed by atoms with E-state index >= 15 is 0 Å². The predicted molar refractivity (Wildman–Crippen MR) is 91.4 cm³/mol. The lowest BCUT2D eigenvalue weighted by Crippen LogP contribution is -2.44. The molecule has 144 valence electrons.